The minimum absolute atomic E-state index is 0.259. The Morgan fingerprint density at radius 3 is 3.16 bits per heavy atom. The van der Waals surface area contributed by atoms with Gasteiger partial charge in [-0.05, 0) is 38.1 Å². The van der Waals surface area contributed by atoms with Gasteiger partial charge in [-0.3, -0.25) is 4.40 Å². The van der Waals surface area contributed by atoms with Gasteiger partial charge in [-0.2, -0.15) is 0 Å². The molecule has 2 aliphatic heterocycles. The van der Waals surface area contributed by atoms with Crippen LogP contribution in [-0.2, 0) is 0 Å². The highest BCUT2D eigenvalue weighted by Gasteiger charge is 2.19. The average molecular weight is 353 g/mol. The third kappa shape index (κ3) is 2.81. The monoisotopic (exact) mass is 353 g/mol. The first-order chi connectivity index (χ1) is 12.2. The molecule has 128 valence electrons. The molecule has 1 N–H and O–H groups in total. The Bertz CT molecular complexity index is 935. The standard InChI is InChI=1S/C19H19N3O2S/c1-12-9-22-10-17(21-19(22)25-12)14-6-13-2-3-15(7-18(13)23-11-14)24-16-4-5-20-8-16/h2-3,6-7,9-10,16,20H,4-5,8,11H2,1H3/t16-/m1/s1. The molecule has 0 bridgehead atoms. The number of thiazole rings is 1. The van der Waals surface area contributed by atoms with E-state index in [2.05, 4.69) is 41.2 Å². The van der Waals surface area contributed by atoms with E-state index in [1.165, 1.54) is 4.88 Å². The molecule has 0 amide bonds. The van der Waals surface area contributed by atoms with Gasteiger partial charge in [0.2, 0.25) is 0 Å². The number of ether oxygens (including phenoxy) is 2. The molecule has 0 saturated carbocycles. The predicted octanol–water partition coefficient (Wildman–Crippen LogP) is 3.38. The van der Waals surface area contributed by atoms with Gasteiger partial charge in [0.1, 0.15) is 24.2 Å². The molecule has 1 aromatic carbocycles. The maximum absolute atomic E-state index is 6.02. The van der Waals surface area contributed by atoms with Crippen LogP contribution in [0, 0.1) is 6.92 Å². The topological polar surface area (TPSA) is 47.8 Å². The Balaban J connectivity index is 1.41. The van der Waals surface area contributed by atoms with E-state index < -0.39 is 0 Å². The number of fused-ring (bicyclic) bond motifs is 2. The summed E-state index contributed by atoms with van der Waals surface area (Å²) in [7, 11) is 0. The van der Waals surface area contributed by atoms with Crippen LogP contribution in [0.4, 0.5) is 0 Å². The lowest BCUT2D eigenvalue weighted by Gasteiger charge is -2.19. The van der Waals surface area contributed by atoms with E-state index in [-0.39, 0.29) is 6.10 Å². The first-order valence-electron chi connectivity index (χ1n) is 8.55. The quantitative estimate of drug-likeness (QED) is 0.784. The van der Waals surface area contributed by atoms with Crippen LogP contribution in [-0.4, -0.2) is 35.2 Å². The minimum atomic E-state index is 0.259. The first-order valence-corrected chi connectivity index (χ1v) is 9.36. The molecule has 1 saturated heterocycles. The lowest BCUT2D eigenvalue weighted by molar-refractivity contribution is 0.221. The number of benzene rings is 1. The van der Waals surface area contributed by atoms with E-state index in [0.717, 1.165) is 52.8 Å². The van der Waals surface area contributed by atoms with Gasteiger partial charge in [-0.1, -0.05) is 0 Å². The van der Waals surface area contributed by atoms with Crippen molar-refractivity contribution in [1.82, 2.24) is 14.7 Å². The van der Waals surface area contributed by atoms with Crippen LogP contribution in [0.25, 0.3) is 16.6 Å². The average Bonchev–Trinajstić information content (AvgIpc) is 3.31. The van der Waals surface area contributed by atoms with Crippen molar-refractivity contribution in [3.05, 3.63) is 46.7 Å². The van der Waals surface area contributed by atoms with E-state index in [0.29, 0.717) is 6.61 Å². The van der Waals surface area contributed by atoms with E-state index in [1.807, 2.05) is 12.1 Å². The summed E-state index contributed by atoms with van der Waals surface area (Å²) in [6.45, 7) is 4.57. The van der Waals surface area contributed by atoms with Gasteiger partial charge in [0.15, 0.2) is 4.96 Å². The third-order valence-corrected chi connectivity index (χ3v) is 5.53. The number of aromatic nitrogens is 2. The van der Waals surface area contributed by atoms with Crippen LogP contribution < -0.4 is 14.8 Å². The SMILES string of the molecule is Cc1cn2cc(C3=Cc4ccc(O[C@@H]5CCNC5)cc4OC3)nc2s1. The number of imidazole rings is 1. The second kappa shape index (κ2) is 5.89. The first kappa shape index (κ1) is 15.0. The summed E-state index contributed by atoms with van der Waals surface area (Å²) in [5.41, 5.74) is 3.16. The molecular formula is C19H19N3O2S. The Labute approximate surface area is 149 Å². The van der Waals surface area contributed by atoms with Gasteiger partial charge in [0.25, 0.3) is 0 Å². The second-order valence-electron chi connectivity index (χ2n) is 6.55. The number of nitrogens with zero attached hydrogens (tertiary/aromatic N) is 2. The maximum atomic E-state index is 6.02. The predicted molar refractivity (Wildman–Crippen MR) is 99.5 cm³/mol. The van der Waals surface area contributed by atoms with Crippen LogP contribution in [0.1, 0.15) is 22.6 Å². The molecule has 25 heavy (non-hydrogen) atoms. The van der Waals surface area contributed by atoms with Gasteiger partial charge in [0.05, 0.1) is 5.69 Å². The van der Waals surface area contributed by atoms with Crippen LogP contribution in [0.5, 0.6) is 11.5 Å². The van der Waals surface area contributed by atoms with Crippen molar-refractivity contribution in [2.24, 2.45) is 0 Å². The Morgan fingerprint density at radius 1 is 1.36 bits per heavy atom. The lowest BCUT2D eigenvalue weighted by Crippen LogP contribution is -2.19. The number of nitrogens with one attached hydrogen (secondary N) is 1. The molecule has 3 aromatic rings. The normalized spacial score (nSPS) is 19.6. The zero-order chi connectivity index (χ0) is 16.8. The number of hydrogen-bond donors (Lipinski definition) is 1. The van der Waals surface area contributed by atoms with Crippen molar-refractivity contribution in [2.45, 2.75) is 19.4 Å². The molecule has 0 radical (unpaired) electrons. The van der Waals surface area contributed by atoms with E-state index in [4.69, 9.17) is 14.5 Å². The summed E-state index contributed by atoms with van der Waals surface area (Å²) >= 11 is 1.70. The molecule has 1 fully saturated rings. The van der Waals surface area contributed by atoms with Gasteiger partial charge in [0, 0.05) is 41.0 Å². The summed E-state index contributed by atoms with van der Waals surface area (Å²) in [5, 5.41) is 3.32. The smallest absolute Gasteiger partial charge is 0.194 e. The molecule has 0 aliphatic carbocycles. The molecule has 5 nitrogen and oxygen atoms in total. The minimum Gasteiger partial charge on any atom is -0.489 e. The van der Waals surface area contributed by atoms with Crippen LogP contribution in [0.3, 0.4) is 0 Å². The molecule has 6 heteroatoms. The van der Waals surface area contributed by atoms with Crippen LogP contribution in [0.15, 0.2) is 30.6 Å². The number of hydrogen-bond acceptors (Lipinski definition) is 5. The van der Waals surface area contributed by atoms with Crippen molar-refractivity contribution in [2.75, 3.05) is 19.7 Å². The van der Waals surface area contributed by atoms with Crippen molar-refractivity contribution in [1.29, 1.82) is 0 Å². The second-order valence-corrected chi connectivity index (χ2v) is 7.76. The van der Waals surface area contributed by atoms with E-state index >= 15 is 0 Å². The molecule has 2 aromatic heterocycles. The Kier molecular flexibility index (Phi) is 3.53. The van der Waals surface area contributed by atoms with Gasteiger partial charge in [-0.15, -0.1) is 11.3 Å². The summed E-state index contributed by atoms with van der Waals surface area (Å²) in [6, 6.07) is 6.08. The Morgan fingerprint density at radius 2 is 2.32 bits per heavy atom. The van der Waals surface area contributed by atoms with Gasteiger partial charge >= 0.3 is 0 Å². The van der Waals surface area contributed by atoms with E-state index in [9.17, 15) is 0 Å². The third-order valence-electron chi connectivity index (χ3n) is 4.62. The van der Waals surface area contributed by atoms with Gasteiger partial charge in [-0.25, -0.2) is 4.98 Å². The number of aryl methyl sites for hydroxylation is 1. The molecular weight excluding hydrogens is 334 g/mol. The van der Waals surface area contributed by atoms with E-state index in [1.54, 1.807) is 11.3 Å². The van der Waals surface area contributed by atoms with Crippen molar-refractivity contribution in [3.8, 4) is 11.5 Å². The summed E-state index contributed by atoms with van der Waals surface area (Å²) in [4.78, 5) is 7.00. The highest BCUT2D eigenvalue weighted by Crippen LogP contribution is 2.34. The van der Waals surface area contributed by atoms with Crippen LogP contribution >= 0.6 is 11.3 Å². The zero-order valence-corrected chi connectivity index (χ0v) is 14.8. The van der Waals surface area contributed by atoms with Crippen LogP contribution in [0.2, 0.25) is 0 Å². The van der Waals surface area contributed by atoms with Crippen molar-refractivity contribution >= 4 is 27.9 Å². The molecule has 2 aliphatic rings. The Hall–Kier alpha value is -2.31. The zero-order valence-electron chi connectivity index (χ0n) is 14.0. The summed E-state index contributed by atoms with van der Waals surface area (Å²) in [5.74, 6) is 1.76. The largest absolute Gasteiger partial charge is 0.489 e. The molecule has 0 spiro atoms. The number of rotatable bonds is 3. The molecule has 4 heterocycles. The van der Waals surface area contributed by atoms with Crippen molar-refractivity contribution < 1.29 is 9.47 Å². The summed E-state index contributed by atoms with van der Waals surface area (Å²) < 4.78 is 14.1. The fourth-order valence-electron chi connectivity index (χ4n) is 3.35. The fourth-order valence-corrected chi connectivity index (χ4v) is 4.16. The lowest BCUT2D eigenvalue weighted by atomic mass is 10.1. The summed E-state index contributed by atoms with van der Waals surface area (Å²) in [6.07, 6.45) is 7.66. The van der Waals surface area contributed by atoms with Gasteiger partial charge < -0.3 is 14.8 Å². The highest BCUT2D eigenvalue weighted by atomic mass is 32.1. The molecule has 1 atom stereocenters. The fraction of sp³-hybridized carbons (Fsp3) is 0.316. The molecule has 5 rings (SSSR count). The highest BCUT2D eigenvalue weighted by molar-refractivity contribution is 7.16. The molecule has 0 unspecified atom stereocenters. The van der Waals surface area contributed by atoms with Crippen molar-refractivity contribution in [3.63, 3.8) is 0 Å². The maximum Gasteiger partial charge on any atom is 0.194 e.